The normalized spacial score (nSPS) is 17.2. The minimum absolute atomic E-state index is 0.531. The summed E-state index contributed by atoms with van der Waals surface area (Å²) in [5.41, 5.74) is 4.47. The van der Waals surface area contributed by atoms with Gasteiger partial charge in [0.2, 0.25) is 0 Å². The van der Waals surface area contributed by atoms with Crippen LogP contribution in [0.1, 0.15) is 30.4 Å². The highest BCUT2D eigenvalue weighted by Crippen LogP contribution is 2.23. The summed E-state index contributed by atoms with van der Waals surface area (Å²) in [7, 11) is 2.07. The summed E-state index contributed by atoms with van der Waals surface area (Å²) in [6, 6.07) is 9.23. The van der Waals surface area contributed by atoms with Crippen molar-refractivity contribution in [1.82, 2.24) is 5.32 Å². The van der Waals surface area contributed by atoms with Crippen molar-refractivity contribution in [2.75, 3.05) is 7.05 Å². The van der Waals surface area contributed by atoms with E-state index in [4.69, 9.17) is 0 Å². The second-order valence-electron chi connectivity index (χ2n) is 4.64. The van der Waals surface area contributed by atoms with Crippen LogP contribution in [-0.2, 0) is 6.42 Å². The van der Waals surface area contributed by atoms with E-state index >= 15 is 0 Å². The quantitative estimate of drug-likeness (QED) is 0.760. The maximum absolute atomic E-state index is 3.45. The minimum atomic E-state index is 0.531. The summed E-state index contributed by atoms with van der Waals surface area (Å²) in [5, 5.41) is 3.45. The zero-order valence-electron chi connectivity index (χ0n) is 10.3. The molecule has 0 aromatic heterocycles. The van der Waals surface area contributed by atoms with Gasteiger partial charge in [-0.05, 0) is 50.8 Å². The van der Waals surface area contributed by atoms with E-state index in [9.17, 15) is 0 Å². The van der Waals surface area contributed by atoms with Crippen molar-refractivity contribution < 1.29 is 0 Å². The predicted octanol–water partition coefficient (Wildman–Crippen LogP) is 3.24. The summed E-state index contributed by atoms with van der Waals surface area (Å²) in [6.45, 7) is 2.20. The molecule has 0 amide bonds. The van der Waals surface area contributed by atoms with Gasteiger partial charge in [0.15, 0.2) is 0 Å². The van der Waals surface area contributed by atoms with Crippen LogP contribution < -0.4 is 5.32 Å². The highest BCUT2D eigenvalue weighted by atomic mass is 14.9. The molecule has 1 aliphatic carbocycles. The van der Waals surface area contributed by atoms with Gasteiger partial charge in [-0.25, -0.2) is 0 Å². The first-order valence-corrected chi connectivity index (χ1v) is 6.22. The molecule has 0 heterocycles. The lowest BCUT2D eigenvalue weighted by atomic mass is 9.96. The van der Waals surface area contributed by atoms with Gasteiger partial charge in [0.25, 0.3) is 0 Å². The van der Waals surface area contributed by atoms with E-state index in [-0.39, 0.29) is 0 Å². The van der Waals surface area contributed by atoms with Crippen LogP contribution in [0.2, 0.25) is 0 Å². The molecule has 1 N–H and O–H groups in total. The Morgan fingerprint density at radius 1 is 1.31 bits per heavy atom. The Morgan fingerprint density at radius 3 is 2.75 bits per heavy atom. The molecule has 0 saturated carbocycles. The van der Waals surface area contributed by atoms with E-state index < -0.39 is 0 Å². The van der Waals surface area contributed by atoms with Gasteiger partial charge in [-0.2, -0.15) is 0 Å². The molecule has 1 unspecified atom stereocenters. The summed E-state index contributed by atoms with van der Waals surface area (Å²) in [5.74, 6) is 0. The van der Waals surface area contributed by atoms with Gasteiger partial charge in [0.05, 0.1) is 0 Å². The second-order valence-corrected chi connectivity index (χ2v) is 4.64. The van der Waals surface area contributed by atoms with Crippen molar-refractivity contribution in [3.05, 3.63) is 47.0 Å². The van der Waals surface area contributed by atoms with Gasteiger partial charge < -0.3 is 5.32 Å². The van der Waals surface area contributed by atoms with Gasteiger partial charge >= 0.3 is 0 Å². The Morgan fingerprint density at radius 2 is 2.12 bits per heavy atom. The molecular formula is C15H21N. The zero-order valence-corrected chi connectivity index (χ0v) is 10.3. The van der Waals surface area contributed by atoms with Crippen molar-refractivity contribution in [3.63, 3.8) is 0 Å². The topological polar surface area (TPSA) is 12.0 Å². The van der Waals surface area contributed by atoms with Crippen molar-refractivity contribution >= 4 is 0 Å². The largest absolute Gasteiger partial charge is 0.313 e. The van der Waals surface area contributed by atoms with Crippen LogP contribution in [0.3, 0.4) is 0 Å². The minimum Gasteiger partial charge on any atom is -0.313 e. The van der Waals surface area contributed by atoms with Crippen molar-refractivity contribution in [1.29, 1.82) is 0 Å². The van der Waals surface area contributed by atoms with Gasteiger partial charge in [-0.1, -0.05) is 35.9 Å². The lowest BCUT2D eigenvalue weighted by Crippen LogP contribution is -2.29. The third-order valence-corrected chi connectivity index (χ3v) is 3.56. The number of hydrogen-bond donors (Lipinski definition) is 1. The van der Waals surface area contributed by atoms with Crippen LogP contribution >= 0.6 is 0 Å². The fourth-order valence-corrected chi connectivity index (χ4v) is 2.49. The number of hydrogen-bond acceptors (Lipinski definition) is 1. The fraction of sp³-hybridized carbons (Fsp3) is 0.467. The first kappa shape index (κ1) is 11.4. The second kappa shape index (κ2) is 5.31. The molecule has 1 aromatic carbocycles. The monoisotopic (exact) mass is 215 g/mol. The molecule has 1 aliphatic rings. The maximum Gasteiger partial charge on any atom is 0.0317 e. The molecule has 2 rings (SSSR count). The van der Waals surface area contributed by atoms with Gasteiger partial charge in [0, 0.05) is 6.04 Å². The number of aryl methyl sites for hydroxylation is 1. The smallest absolute Gasteiger partial charge is 0.0317 e. The van der Waals surface area contributed by atoms with Gasteiger partial charge in [-0.3, -0.25) is 0 Å². The molecule has 1 aromatic rings. The number of benzene rings is 1. The van der Waals surface area contributed by atoms with Crippen LogP contribution in [0.5, 0.6) is 0 Å². The summed E-state index contributed by atoms with van der Waals surface area (Å²) in [6.07, 6.45) is 7.41. The first-order valence-electron chi connectivity index (χ1n) is 6.22. The molecule has 0 saturated heterocycles. The molecule has 0 spiro atoms. The lowest BCUT2D eigenvalue weighted by molar-refractivity contribution is 0.614. The molecule has 1 atom stereocenters. The number of allylic oxidation sites excluding steroid dienone is 1. The van der Waals surface area contributed by atoms with Crippen molar-refractivity contribution in [2.24, 2.45) is 0 Å². The molecule has 0 bridgehead atoms. The molecular weight excluding hydrogens is 194 g/mol. The number of nitrogens with one attached hydrogen (secondary N) is 1. The van der Waals surface area contributed by atoms with Crippen LogP contribution in [0.4, 0.5) is 0 Å². The molecule has 1 nitrogen and oxygen atoms in total. The summed E-state index contributed by atoms with van der Waals surface area (Å²) < 4.78 is 0. The zero-order chi connectivity index (χ0) is 11.4. The summed E-state index contributed by atoms with van der Waals surface area (Å²) >= 11 is 0. The molecule has 0 fully saturated rings. The number of rotatable bonds is 4. The molecule has 16 heavy (non-hydrogen) atoms. The average Bonchev–Trinajstić information content (AvgIpc) is 2.81. The predicted molar refractivity (Wildman–Crippen MR) is 69.7 cm³/mol. The van der Waals surface area contributed by atoms with E-state index in [1.165, 1.54) is 30.4 Å². The van der Waals surface area contributed by atoms with E-state index in [0.29, 0.717) is 6.04 Å². The Kier molecular flexibility index (Phi) is 3.79. The molecule has 1 heteroatoms. The average molecular weight is 215 g/mol. The third kappa shape index (κ3) is 2.53. The van der Waals surface area contributed by atoms with E-state index in [0.717, 1.165) is 6.42 Å². The highest BCUT2D eigenvalue weighted by Gasteiger charge is 2.16. The van der Waals surface area contributed by atoms with Crippen molar-refractivity contribution in [2.45, 2.75) is 38.6 Å². The van der Waals surface area contributed by atoms with Crippen molar-refractivity contribution in [3.8, 4) is 0 Å². The lowest BCUT2D eigenvalue weighted by Gasteiger charge is -2.19. The molecule has 0 aliphatic heterocycles. The Labute approximate surface area is 98.6 Å². The standard InChI is InChI=1S/C15H21N/c1-12-7-3-4-10-14(12)11-15(16-2)13-8-5-6-9-13/h3-4,7-8,10,15-16H,5-6,9,11H2,1-2H3. The van der Waals surface area contributed by atoms with E-state index in [2.05, 4.69) is 49.6 Å². The van der Waals surface area contributed by atoms with Crippen LogP contribution in [0, 0.1) is 6.92 Å². The molecule has 0 radical (unpaired) electrons. The Hall–Kier alpha value is -1.08. The molecule has 86 valence electrons. The highest BCUT2D eigenvalue weighted by molar-refractivity contribution is 5.29. The van der Waals surface area contributed by atoms with Crippen LogP contribution in [0.25, 0.3) is 0 Å². The maximum atomic E-state index is 3.45. The SMILES string of the molecule is CNC(Cc1ccccc1C)C1=CCCC1. The summed E-state index contributed by atoms with van der Waals surface area (Å²) in [4.78, 5) is 0. The Balaban J connectivity index is 2.10. The van der Waals surface area contributed by atoms with E-state index in [1.54, 1.807) is 5.57 Å². The van der Waals surface area contributed by atoms with Gasteiger partial charge in [-0.15, -0.1) is 0 Å². The fourth-order valence-electron chi connectivity index (χ4n) is 2.49. The number of likely N-dealkylation sites (N-methyl/N-ethyl adjacent to an activating group) is 1. The van der Waals surface area contributed by atoms with Gasteiger partial charge in [0.1, 0.15) is 0 Å². The van der Waals surface area contributed by atoms with E-state index in [1.807, 2.05) is 0 Å². The third-order valence-electron chi connectivity index (χ3n) is 3.56. The van der Waals surface area contributed by atoms with Crippen LogP contribution in [0.15, 0.2) is 35.9 Å². The van der Waals surface area contributed by atoms with Crippen LogP contribution in [-0.4, -0.2) is 13.1 Å². The Bertz CT molecular complexity index is 379. The first-order chi connectivity index (χ1) is 7.81.